The largest absolute Gasteiger partial charge is 0.327 e. The smallest absolute Gasteiger partial charge is 0.0325 e. The van der Waals surface area contributed by atoms with E-state index in [0.29, 0.717) is 0 Å². The molecule has 0 aliphatic rings. The monoisotopic (exact) mass is 253 g/mol. The number of benzene rings is 2. The first-order chi connectivity index (χ1) is 9.19. The highest BCUT2D eigenvalue weighted by molar-refractivity contribution is 5.40. The summed E-state index contributed by atoms with van der Waals surface area (Å²) in [5, 5.41) is 0. The van der Waals surface area contributed by atoms with Crippen molar-refractivity contribution in [1.29, 1.82) is 0 Å². The Morgan fingerprint density at radius 3 is 1.68 bits per heavy atom. The predicted octanol–water partition coefficient (Wildman–Crippen LogP) is 4.12. The zero-order chi connectivity index (χ0) is 13.7. The molecule has 0 spiro atoms. The van der Waals surface area contributed by atoms with Crippen molar-refractivity contribution in [1.82, 2.24) is 0 Å². The summed E-state index contributed by atoms with van der Waals surface area (Å²) in [4.78, 5) is 0. The van der Waals surface area contributed by atoms with Crippen molar-refractivity contribution in [2.45, 2.75) is 38.1 Å². The normalized spacial score (nSPS) is 13.2. The third-order valence-electron chi connectivity index (χ3n) is 4.09. The van der Waals surface area contributed by atoms with Crippen molar-refractivity contribution >= 4 is 0 Å². The molecule has 100 valence electrons. The fourth-order valence-electron chi connectivity index (χ4n) is 2.76. The summed E-state index contributed by atoms with van der Waals surface area (Å²) in [6.07, 6.45) is 2.14. The average Bonchev–Trinajstić information content (AvgIpc) is 2.48. The number of nitrogens with two attached hydrogens (primary N) is 1. The van der Waals surface area contributed by atoms with E-state index in [4.69, 9.17) is 5.73 Å². The van der Waals surface area contributed by atoms with Crippen molar-refractivity contribution in [3.8, 4) is 0 Å². The Morgan fingerprint density at radius 1 is 0.895 bits per heavy atom. The molecule has 1 unspecified atom stereocenters. The Hall–Kier alpha value is -1.60. The summed E-state index contributed by atoms with van der Waals surface area (Å²) >= 11 is 0. The van der Waals surface area contributed by atoms with Gasteiger partial charge in [-0.2, -0.15) is 0 Å². The van der Waals surface area contributed by atoms with E-state index in [1.165, 1.54) is 11.1 Å². The molecule has 2 N–H and O–H groups in total. The fourth-order valence-corrected chi connectivity index (χ4v) is 2.76. The number of rotatable bonds is 5. The van der Waals surface area contributed by atoms with Gasteiger partial charge < -0.3 is 5.73 Å². The molecule has 2 aromatic carbocycles. The average molecular weight is 253 g/mol. The predicted molar refractivity (Wildman–Crippen MR) is 82.2 cm³/mol. The summed E-state index contributed by atoms with van der Waals surface area (Å²) in [6, 6.07) is 21.3. The van der Waals surface area contributed by atoms with E-state index in [1.54, 1.807) is 0 Å². The Labute approximate surface area is 116 Å². The van der Waals surface area contributed by atoms with Crippen molar-refractivity contribution in [2.75, 3.05) is 0 Å². The summed E-state index contributed by atoms with van der Waals surface area (Å²) in [5.74, 6) is 0. The molecule has 19 heavy (non-hydrogen) atoms. The molecule has 0 aromatic heterocycles. The third-order valence-corrected chi connectivity index (χ3v) is 4.09. The second kappa shape index (κ2) is 6.03. The van der Waals surface area contributed by atoms with Crippen LogP contribution < -0.4 is 5.73 Å². The van der Waals surface area contributed by atoms with Crippen LogP contribution in [-0.4, -0.2) is 6.04 Å². The van der Waals surface area contributed by atoms with E-state index in [0.717, 1.165) is 12.8 Å². The Kier molecular flexibility index (Phi) is 4.39. The zero-order valence-corrected chi connectivity index (χ0v) is 11.8. The van der Waals surface area contributed by atoms with Gasteiger partial charge in [-0.1, -0.05) is 74.0 Å². The summed E-state index contributed by atoms with van der Waals surface area (Å²) in [5.41, 5.74) is 8.99. The van der Waals surface area contributed by atoms with Gasteiger partial charge in [0, 0.05) is 11.5 Å². The quantitative estimate of drug-likeness (QED) is 0.852. The van der Waals surface area contributed by atoms with Crippen LogP contribution in [0.4, 0.5) is 0 Å². The highest BCUT2D eigenvalue weighted by Gasteiger charge is 2.34. The SMILES string of the molecule is CCCC(N)C(C)(c1ccccc1)c1ccccc1. The van der Waals surface area contributed by atoms with Gasteiger partial charge in [0.05, 0.1) is 0 Å². The maximum atomic E-state index is 6.53. The van der Waals surface area contributed by atoms with Gasteiger partial charge in [-0.15, -0.1) is 0 Å². The van der Waals surface area contributed by atoms with E-state index < -0.39 is 0 Å². The first-order valence-electron chi connectivity index (χ1n) is 7.06. The van der Waals surface area contributed by atoms with Gasteiger partial charge in [-0.05, 0) is 24.5 Å². The van der Waals surface area contributed by atoms with Crippen LogP contribution in [0.5, 0.6) is 0 Å². The Bertz CT molecular complexity index is 450. The fraction of sp³-hybridized carbons (Fsp3) is 0.333. The molecule has 2 rings (SSSR count). The van der Waals surface area contributed by atoms with Gasteiger partial charge in [0.2, 0.25) is 0 Å². The summed E-state index contributed by atoms with van der Waals surface area (Å²) in [7, 11) is 0. The van der Waals surface area contributed by atoms with Crippen LogP contribution in [0.15, 0.2) is 60.7 Å². The molecule has 0 fully saturated rings. The van der Waals surface area contributed by atoms with Gasteiger partial charge >= 0.3 is 0 Å². The van der Waals surface area contributed by atoms with Gasteiger partial charge in [-0.25, -0.2) is 0 Å². The molecule has 0 saturated heterocycles. The van der Waals surface area contributed by atoms with Gasteiger partial charge in [-0.3, -0.25) is 0 Å². The Balaban J connectivity index is 2.51. The van der Waals surface area contributed by atoms with Gasteiger partial charge in [0.25, 0.3) is 0 Å². The van der Waals surface area contributed by atoms with Crippen LogP contribution in [0.3, 0.4) is 0 Å². The first kappa shape index (κ1) is 13.8. The lowest BCUT2D eigenvalue weighted by Crippen LogP contribution is -2.44. The molecule has 0 saturated carbocycles. The highest BCUT2D eigenvalue weighted by Crippen LogP contribution is 2.35. The maximum absolute atomic E-state index is 6.53. The molecule has 2 aromatic rings. The van der Waals surface area contributed by atoms with Crippen molar-refractivity contribution in [3.05, 3.63) is 71.8 Å². The highest BCUT2D eigenvalue weighted by atomic mass is 14.7. The lowest BCUT2D eigenvalue weighted by atomic mass is 9.70. The molecular formula is C18H23N. The molecule has 0 heterocycles. The van der Waals surface area contributed by atoms with E-state index >= 15 is 0 Å². The minimum absolute atomic E-state index is 0.126. The number of hydrogen-bond acceptors (Lipinski definition) is 1. The van der Waals surface area contributed by atoms with Gasteiger partial charge in [0.1, 0.15) is 0 Å². The zero-order valence-electron chi connectivity index (χ0n) is 11.8. The lowest BCUT2D eigenvalue weighted by Gasteiger charge is -2.37. The van der Waals surface area contributed by atoms with Crippen LogP contribution in [0.2, 0.25) is 0 Å². The van der Waals surface area contributed by atoms with Crippen LogP contribution in [0, 0.1) is 0 Å². The molecule has 0 amide bonds. The second-order valence-electron chi connectivity index (χ2n) is 5.33. The van der Waals surface area contributed by atoms with E-state index in [2.05, 4.69) is 74.5 Å². The van der Waals surface area contributed by atoms with Crippen LogP contribution in [-0.2, 0) is 5.41 Å². The lowest BCUT2D eigenvalue weighted by molar-refractivity contribution is 0.415. The molecule has 0 aliphatic heterocycles. The third kappa shape index (κ3) is 2.71. The minimum atomic E-state index is -0.126. The first-order valence-corrected chi connectivity index (χ1v) is 7.06. The standard InChI is InChI=1S/C18H23N/c1-3-10-17(19)18(2,15-11-6-4-7-12-15)16-13-8-5-9-14-16/h4-9,11-14,17H,3,10,19H2,1-2H3. The second-order valence-corrected chi connectivity index (χ2v) is 5.33. The van der Waals surface area contributed by atoms with Crippen LogP contribution in [0.25, 0.3) is 0 Å². The molecule has 1 heteroatoms. The summed E-state index contributed by atoms with van der Waals surface area (Å²) in [6.45, 7) is 4.45. The van der Waals surface area contributed by atoms with Crippen LogP contribution >= 0.6 is 0 Å². The minimum Gasteiger partial charge on any atom is -0.327 e. The molecule has 0 radical (unpaired) electrons. The maximum Gasteiger partial charge on any atom is 0.0325 e. The van der Waals surface area contributed by atoms with Crippen molar-refractivity contribution < 1.29 is 0 Å². The molecule has 1 atom stereocenters. The van der Waals surface area contributed by atoms with Crippen molar-refractivity contribution in [2.24, 2.45) is 5.73 Å². The molecule has 0 aliphatic carbocycles. The van der Waals surface area contributed by atoms with E-state index in [9.17, 15) is 0 Å². The van der Waals surface area contributed by atoms with Gasteiger partial charge in [0.15, 0.2) is 0 Å². The Morgan fingerprint density at radius 2 is 1.32 bits per heavy atom. The van der Waals surface area contributed by atoms with E-state index in [-0.39, 0.29) is 11.5 Å². The van der Waals surface area contributed by atoms with Crippen molar-refractivity contribution in [3.63, 3.8) is 0 Å². The molecule has 1 nitrogen and oxygen atoms in total. The van der Waals surface area contributed by atoms with Crippen LogP contribution in [0.1, 0.15) is 37.8 Å². The van der Waals surface area contributed by atoms with E-state index in [1.807, 2.05) is 0 Å². The topological polar surface area (TPSA) is 26.0 Å². The number of hydrogen-bond donors (Lipinski definition) is 1. The summed E-state index contributed by atoms with van der Waals surface area (Å²) < 4.78 is 0. The molecule has 0 bridgehead atoms. The molecular weight excluding hydrogens is 230 g/mol.